The molecule has 2 amide bonds. The third-order valence-electron chi connectivity index (χ3n) is 8.33. The molecule has 246 valence electrons. The Morgan fingerprint density at radius 2 is 1.36 bits per heavy atom. The zero-order valence-electron chi connectivity index (χ0n) is 27.3. The summed E-state index contributed by atoms with van der Waals surface area (Å²) >= 11 is 3.61. The summed E-state index contributed by atoms with van der Waals surface area (Å²) in [5.41, 5.74) is 3.39. The van der Waals surface area contributed by atoms with Gasteiger partial charge in [-0.15, -0.1) is 0 Å². The first-order valence-electron chi connectivity index (χ1n) is 16.1. The lowest BCUT2D eigenvalue weighted by atomic mass is 9.91. The van der Waals surface area contributed by atoms with Crippen LogP contribution in [-0.2, 0) is 35.6 Å². The van der Waals surface area contributed by atoms with Gasteiger partial charge in [-0.1, -0.05) is 119 Å². The van der Waals surface area contributed by atoms with Crippen molar-refractivity contribution in [3.05, 3.63) is 142 Å². The van der Waals surface area contributed by atoms with Crippen LogP contribution in [0.2, 0.25) is 0 Å². The zero-order valence-corrected chi connectivity index (χ0v) is 28.9. The number of benzene rings is 4. The number of halogens is 1. The molecule has 0 radical (unpaired) electrons. The van der Waals surface area contributed by atoms with Crippen LogP contribution in [0.3, 0.4) is 0 Å². The fourth-order valence-corrected chi connectivity index (χ4v) is 6.57. The highest BCUT2D eigenvalue weighted by atomic mass is 79.9. The highest BCUT2D eigenvalue weighted by Crippen LogP contribution is 2.28. The first kappa shape index (κ1) is 34.4. The maximum absolute atomic E-state index is 14.5. The quantitative estimate of drug-likeness (QED) is 0.182. The molecule has 1 aliphatic heterocycles. The van der Waals surface area contributed by atoms with E-state index < -0.39 is 29.9 Å². The third kappa shape index (κ3) is 9.53. The molecular formula is C39H44BrN3O4. The largest absolute Gasteiger partial charge is 0.444 e. The van der Waals surface area contributed by atoms with Gasteiger partial charge < -0.3 is 14.7 Å². The van der Waals surface area contributed by atoms with Gasteiger partial charge in [-0.2, -0.15) is 0 Å². The average molecular weight is 699 g/mol. The number of piperazine rings is 1. The molecule has 0 aliphatic carbocycles. The molecule has 7 nitrogen and oxygen atoms in total. The average Bonchev–Trinajstić information content (AvgIpc) is 3.04. The minimum Gasteiger partial charge on any atom is -0.444 e. The van der Waals surface area contributed by atoms with Crippen LogP contribution in [-0.4, -0.2) is 68.7 Å². The Morgan fingerprint density at radius 3 is 1.89 bits per heavy atom. The van der Waals surface area contributed by atoms with Gasteiger partial charge in [0, 0.05) is 43.2 Å². The second kappa shape index (κ2) is 15.7. The molecule has 0 saturated carbocycles. The molecule has 3 atom stereocenters. The number of rotatable bonds is 11. The van der Waals surface area contributed by atoms with Crippen LogP contribution in [0, 0.1) is 0 Å². The van der Waals surface area contributed by atoms with Crippen LogP contribution >= 0.6 is 15.9 Å². The Kier molecular flexibility index (Phi) is 11.5. The van der Waals surface area contributed by atoms with Gasteiger partial charge in [0.25, 0.3) is 0 Å². The highest BCUT2D eigenvalue weighted by molar-refractivity contribution is 9.10. The predicted molar refractivity (Wildman–Crippen MR) is 188 cm³/mol. The third-order valence-corrected chi connectivity index (χ3v) is 8.83. The van der Waals surface area contributed by atoms with Crippen LogP contribution in [0.25, 0.3) is 0 Å². The molecule has 0 spiro atoms. The van der Waals surface area contributed by atoms with E-state index in [-0.39, 0.29) is 12.5 Å². The molecule has 4 aromatic carbocycles. The standard InChI is InChI=1S/C39H44BrN3O4/c1-39(2,3)47-38(46)43-23-22-41(26-29-14-7-4-8-15-29)37(45)35(43)36(44)34(25-32-20-13-21-33(40)24-32)42(27-30-16-9-5-10-17-30)28-31-18-11-6-12-19-31/h4-21,24,34-36,44H,22-23,25-28H2,1-3H3/t34-,35-,36-/m0/s1. The predicted octanol–water partition coefficient (Wildman–Crippen LogP) is 7.07. The summed E-state index contributed by atoms with van der Waals surface area (Å²) in [4.78, 5) is 33.6. The number of aliphatic hydroxyl groups excluding tert-OH is 1. The van der Waals surface area contributed by atoms with Crippen LogP contribution in [0.5, 0.6) is 0 Å². The number of carbonyl (C=O) groups is 2. The molecule has 4 aromatic rings. The smallest absolute Gasteiger partial charge is 0.411 e. The van der Waals surface area contributed by atoms with Crippen LogP contribution in [0.1, 0.15) is 43.0 Å². The van der Waals surface area contributed by atoms with Crippen molar-refractivity contribution in [2.75, 3.05) is 13.1 Å². The molecule has 5 rings (SSSR count). The summed E-state index contributed by atoms with van der Waals surface area (Å²) in [7, 11) is 0. The van der Waals surface area contributed by atoms with Gasteiger partial charge in [-0.3, -0.25) is 14.6 Å². The lowest BCUT2D eigenvalue weighted by molar-refractivity contribution is -0.150. The van der Waals surface area contributed by atoms with Gasteiger partial charge in [-0.05, 0) is 61.6 Å². The molecule has 1 N–H and O–H groups in total. The van der Waals surface area contributed by atoms with Gasteiger partial charge in [0.05, 0.1) is 6.10 Å². The molecule has 0 bridgehead atoms. The van der Waals surface area contributed by atoms with E-state index in [0.29, 0.717) is 32.6 Å². The normalized spacial score (nSPS) is 16.6. The van der Waals surface area contributed by atoms with Gasteiger partial charge in [0.15, 0.2) is 0 Å². The topological polar surface area (TPSA) is 73.3 Å². The zero-order chi connectivity index (χ0) is 33.4. The van der Waals surface area contributed by atoms with Crippen molar-refractivity contribution >= 4 is 27.9 Å². The molecule has 1 heterocycles. The van der Waals surface area contributed by atoms with Gasteiger partial charge in [0.2, 0.25) is 5.91 Å². The lowest BCUT2D eigenvalue weighted by Crippen LogP contribution is -2.66. The van der Waals surface area contributed by atoms with Crippen molar-refractivity contribution in [2.24, 2.45) is 0 Å². The van der Waals surface area contributed by atoms with E-state index in [9.17, 15) is 14.7 Å². The summed E-state index contributed by atoms with van der Waals surface area (Å²) in [5, 5.41) is 12.6. The van der Waals surface area contributed by atoms with Crippen molar-refractivity contribution in [1.82, 2.24) is 14.7 Å². The number of ether oxygens (including phenoxy) is 1. The van der Waals surface area contributed by atoms with Gasteiger partial charge in [0.1, 0.15) is 11.6 Å². The summed E-state index contributed by atoms with van der Waals surface area (Å²) < 4.78 is 6.74. The van der Waals surface area contributed by atoms with E-state index >= 15 is 0 Å². The van der Waals surface area contributed by atoms with Gasteiger partial charge in [-0.25, -0.2) is 4.79 Å². The summed E-state index contributed by atoms with van der Waals surface area (Å²) in [6, 6.07) is 36.4. The number of aliphatic hydroxyl groups is 1. The Labute approximate surface area is 286 Å². The Morgan fingerprint density at radius 1 is 0.830 bits per heavy atom. The number of hydrogen-bond acceptors (Lipinski definition) is 5. The fraction of sp³-hybridized carbons (Fsp3) is 0.333. The minimum absolute atomic E-state index is 0.246. The van der Waals surface area contributed by atoms with Crippen molar-refractivity contribution in [3.63, 3.8) is 0 Å². The number of nitrogens with zero attached hydrogens (tertiary/aromatic N) is 3. The monoisotopic (exact) mass is 697 g/mol. The molecule has 1 saturated heterocycles. The van der Waals surface area contributed by atoms with E-state index in [4.69, 9.17) is 4.74 Å². The Balaban J connectivity index is 1.57. The molecule has 0 unspecified atom stereocenters. The van der Waals surface area contributed by atoms with Crippen LogP contribution in [0.15, 0.2) is 120 Å². The van der Waals surface area contributed by atoms with Crippen molar-refractivity contribution < 1.29 is 19.4 Å². The second-order valence-corrected chi connectivity index (χ2v) is 14.0. The number of amides is 2. The maximum Gasteiger partial charge on any atom is 0.411 e. The number of hydrogen-bond donors (Lipinski definition) is 1. The molecule has 0 aromatic heterocycles. The van der Waals surface area contributed by atoms with E-state index in [2.05, 4.69) is 45.1 Å². The molecule has 1 fully saturated rings. The summed E-state index contributed by atoms with van der Waals surface area (Å²) in [5.74, 6) is -0.294. The maximum atomic E-state index is 14.5. The van der Waals surface area contributed by atoms with E-state index in [0.717, 1.165) is 26.7 Å². The minimum atomic E-state index is -1.24. The Bertz CT molecular complexity index is 1560. The van der Waals surface area contributed by atoms with E-state index in [1.807, 2.05) is 91.0 Å². The van der Waals surface area contributed by atoms with Gasteiger partial charge >= 0.3 is 6.09 Å². The lowest BCUT2D eigenvalue weighted by Gasteiger charge is -2.46. The van der Waals surface area contributed by atoms with E-state index in [1.165, 1.54) is 4.90 Å². The first-order chi connectivity index (χ1) is 22.6. The van der Waals surface area contributed by atoms with Crippen LogP contribution < -0.4 is 0 Å². The highest BCUT2D eigenvalue weighted by Gasteiger charge is 2.47. The van der Waals surface area contributed by atoms with Crippen molar-refractivity contribution in [1.29, 1.82) is 0 Å². The van der Waals surface area contributed by atoms with Crippen LogP contribution in [0.4, 0.5) is 4.79 Å². The van der Waals surface area contributed by atoms with E-state index in [1.54, 1.807) is 25.7 Å². The molecular weight excluding hydrogens is 654 g/mol. The molecule has 8 heteroatoms. The number of carbonyl (C=O) groups excluding carboxylic acids is 2. The SMILES string of the molecule is CC(C)(C)OC(=O)N1CCN(Cc2ccccc2)C(=O)[C@@H]1[C@@H](O)[C@H](Cc1cccc(Br)c1)N(Cc1ccccc1)Cc1ccccc1. The van der Waals surface area contributed by atoms with Crippen molar-refractivity contribution in [3.8, 4) is 0 Å². The van der Waals surface area contributed by atoms with Crippen molar-refractivity contribution in [2.45, 2.75) is 70.6 Å². The summed E-state index contributed by atoms with van der Waals surface area (Å²) in [6.07, 6.45) is -1.39. The first-order valence-corrected chi connectivity index (χ1v) is 16.9. The molecule has 47 heavy (non-hydrogen) atoms. The Hall–Kier alpha value is -3.98. The summed E-state index contributed by atoms with van der Waals surface area (Å²) in [6.45, 7) is 7.46. The molecule has 1 aliphatic rings. The fourth-order valence-electron chi connectivity index (χ4n) is 6.12. The second-order valence-electron chi connectivity index (χ2n) is 13.1.